The Hall–Kier alpha value is -3.08. The summed E-state index contributed by atoms with van der Waals surface area (Å²) in [6.07, 6.45) is 0. The first-order valence-corrected chi connectivity index (χ1v) is 8.35. The zero-order chi connectivity index (χ0) is 17.6. The fourth-order valence-electron chi connectivity index (χ4n) is 3.47. The summed E-state index contributed by atoms with van der Waals surface area (Å²) in [7, 11) is 0. The number of benzene rings is 2. The Bertz CT molecular complexity index is 1090. The summed E-state index contributed by atoms with van der Waals surface area (Å²) < 4.78 is 7.37. The second-order valence-corrected chi connectivity index (χ2v) is 6.15. The standard InChI is InChI=1S/C20H19N3O2/c1-4-23-17-8-6-5-7-15(17)16-11-14(9-10-18(16)23)21-20(24)19-12(2)22-25-13(19)3/h5-11H,4H2,1-3H3,(H,21,24). The molecule has 0 unspecified atom stereocenters. The van der Waals surface area contributed by atoms with Crippen molar-refractivity contribution in [1.29, 1.82) is 0 Å². The van der Waals surface area contributed by atoms with Gasteiger partial charge in [0.05, 0.1) is 5.69 Å². The molecule has 2 heterocycles. The van der Waals surface area contributed by atoms with Crippen molar-refractivity contribution in [1.82, 2.24) is 9.72 Å². The van der Waals surface area contributed by atoms with Crippen LogP contribution in [0.25, 0.3) is 21.8 Å². The topological polar surface area (TPSA) is 60.1 Å². The number of nitrogens with one attached hydrogen (secondary N) is 1. The number of para-hydroxylation sites is 1. The van der Waals surface area contributed by atoms with E-state index in [-0.39, 0.29) is 5.91 Å². The molecule has 0 aliphatic heterocycles. The predicted octanol–water partition coefficient (Wildman–Crippen LogP) is 4.67. The van der Waals surface area contributed by atoms with Gasteiger partial charge < -0.3 is 14.4 Å². The van der Waals surface area contributed by atoms with Gasteiger partial charge in [-0.3, -0.25) is 4.79 Å². The Morgan fingerprint density at radius 2 is 1.88 bits per heavy atom. The molecule has 0 aliphatic rings. The highest BCUT2D eigenvalue weighted by Gasteiger charge is 2.18. The molecule has 2 aromatic carbocycles. The molecule has 0 saturated heterocycles. The maximum atomic E-state index is 12.6. The minimum atomic E-state index is -0.199. The van der Waals surface area contributed by atoms with E-state index >= 15 is 0 Å². The molecule has 1 N–H and O–H groups in total. The quantitative estimate of drug-likeness (QED) is 0.592. The van der Waals surface area contributed by atoms with E-state index in [1.54, 1.807) is 13.8 Å². The van der Waals surface area contributed by atoms with E-state index in [9.17, 15) is 4.79 Å². The van der Waals surface area contributed by atoms with Gasteiger partial charge in [0, 0.05) is 34.0 Å². The van der Waals surface area contributed by atoms with E-state index in [1.165, 1.54) is 16.4 Å². The van der Waals surface area contributed by atoms with Crippen LogP contribution in [-0.4, -0.2) is 15.6 Å². The van der Waals surface area contributed by atoms with Gasteiger partial charge in [0.25, 0.3) is 5.91 Å². The number of aromatic nitrogens is 2. The van der Waals surface area contributed by atoms with Crippen LogP contribution in [0.5, 0.6) is 0 Å². The maximum absolute atomic E-state index is 12.6. The van der Waals surface area contributed by atoms with Crippen LogP contribution in [0.15, 0.2) is 47.0 Å². The van der Waals surface area contributed by atoms with Gasteiger partial charge in [0.2, 0.25) is 0 Å². The molecular formula is C20H19N3O2. The molecule has 2 aromatic heterocycles. The zero-order valence-corrected chi connectivity index (χ0v) is 14.5. The second kappa shape index (κ2) is 5.77. The fraction of sp³-hybridized carbons (Fsp3) is 0.200. The minimum Gasteiger partial charge on any atom is -0.361 e. The third-order valence-corrected chi connectivity index (χ3v) is 4.61. The molecule has 0 spiro atoms. The number of anilines is 1. The average molecular weight is 333 g/mol. The first-order valence-electron chi connectivity index (χ1n) is 8.35. The van der Waals surface area contributed by atoms with E-state index < -0.39 is 0 Å². The molecule has 5 heteroatoms. The second-order valence-electron chi connectivity index (χ2n) is 6.15. The highest BCUT2D eigenvalue weighted by Crippen LogP contribution is 2.31. The fourth-order valence-corrected chi connectivity index (χ4v) is 3.47. The van der Waals surface area contributed by atoms with Crippen molar-refractivity contribution in [3.63, 3.8) is 0 Å². The van der Waals surface area contributed by atoms with Crippen molar-refractivity contribution in [3.05, 3.63) is 59.5 Å². The van der Waals surface area contributed by atoms with Crippen LogP contribution >= 0.6 is 0 Å². The van der Waals surface area contributed by atoms with E-state index in [1.807, 2.05) is 24.3 Å². The molecule has 0 radical (unpaired) electrons. The van der Waals surface area contributed by atoms with E-state index in [0.717, 1.165) is 17.6 Å². The van der Waals surface area contributed by atoms with E-state index in [0.29, 0.717) is 17.0 Å². The lowest BCUT2D eigenvalue weighted by Crippen LogP contribution is -2.13. The smallest absolute Gasteiger partial charge is 0.261 e. The van der Waals surface area contributed by atoms with Crippen molar-refractivity contribution in [2.75, 3.05) is 5.32 Å². The number of aryl methyl sites for hydroxylation is 3. The number of carbonyl (C=O) groups is 1. The van der Waals surface area contributed by atoms with Gasteiger partial charge >= 0.3 is 0 Å². The lowest BCUT2D eigenvalue weighted by atomic mass is 10.1. The van der Waals surface area contributed by atoms with Crippen LogP contribution in [0.2, 0.25) is 0 Å². The Balaban J connectivity index is 1.79. The molecule has 4 rings (SSSR count). The van der Waals surface area contributed by atoms with Gasteiger partial charge in [-0.25, -0.2) is 0 Å². The highest BCUT2D eigenvalue weighted by molar-refractivity contribution is 6.11. The molecule has 126 valence electrons. The van der Waals surface area contributed by atoms with Crippen molar-refractivity contribution in [2.45, 2.75) is 27.3 Å². The summed E-state index contributed by atoms with van der Waals surface area (Å²) in [5.74, 6) is 0.327. The summed E-state index contributed by atoms with van der Waals surface area (Å²) in [6, 6.07) is 14.3. The normalized spacial score (nSPS) is 11.3. The Labute approximate surface area is 145 Å². The molecule has 0 saturated carbocycles. The molecular weight excluding hydrogens is 314 g/mol. The number of rotatable bonds is 3. The van der Waals surface area contributed by atoms with Crippen LogP contribution in [0.4, 0.5) is 5.69 Å². The molecule has 0 aliphatic carbocycles. The SMILES string of the molecule is CCn1c2ccccc2c2cc(NC(=O)c3c(C)noc3C)ccc21. The molecule has 1 amide bonds. The Morgan fingerprint density at radius 3 is 2.60 bits per heavy atom. The maximum Gasteiger partial charge on any atom is 0.261 e. The van der Waals surface area contributed by atoms with Crippen LogP contribution in [-0.2, 0) is 6.54 Å². The number of hydrogen-bond acceptors (Lipinski definition) is 3. The molecule has 25 heavy (non-hydrogen) atoms. The first kappa shape index (κ1) is 15.4. The predicted molar refractivity (Wildman–Crippen MR) is 99.0 cm³/mol. The summed E-state index contributed by atoms with van der Waals surface area (Å²) in [4.78, 5) is 12.6. The van der Waals surface area contributed by atoms with Crippen molar-refractivity contribution < 1.29 is 9.32 Å². The molecule has 4 aromatic rings. The Morgan fingerprint density at radius 1 is 1.12 bits per heavy atom. The monoisotopic (exact) mass is 333 g/mol. The molecule has 0 fully saturated rings. The van der Waals surface area contributed by atoms with Crippen molar-refractivity contribution in [3.8, 4) is 0 Å². The van der Waals surface area contributed by atoms with Gasteiger partial charge in [-0.1, -0.05) is 23.4 Å². The van der Waals surface area contributed by atoms with Gasteiger partial charge in [0.15, 0.2) is 0 Å². The average Bonchev–Trinajstić information content (AvgIpc) is 3.11. The minimum absolute atomic E-state index is 0.199. The number of fused-ring (bicyclic) bond motifs is 3. The largest absolute Gasteiger partial charge is 0.361 e. The molecule has 0 atom stereocenters. The highest BCUT2D eigenvalue weighted by atomic mass is 16.5. The van der Waals surface area contributed by atoms with E-state index in [2.05, 4.69) is 40.2 Å². The van der Waals surface area contributed by atoms with Crippen LogP contribution in [0.1, 0.15) is 28.7 Å². The first-order chi connectivity index (χ1) is 12.1. The Kier molecular flexibility index (Phi) is 3.57. The summed E-state index contributed by atoms with van der Waals surface area (Å²) >= 11 is 0. The van der Waals surface area contributed by atoms with Crippen molar-refractivity contribution >= 4 is 33.4 Å². The van der Waals surface area contributed by atoms with Gasteiger partial charge in [0.1, 0.15) is 11.3 Å². The van der Waals surface area contributed by atoms with E-state index in [4.69, 9.17) is 4.52 Å². The lowest BCUT2D eigenvalue weighted by molar-refractivity contribution is 0.102. The third kappa shape index (κ3) is 2.39. The summed E-state index contributed by atoms with van der Waals surface area (Å²) in [5, 5.41) is 9.13. The van der Waals surface area contributed by atoms with Crippen LogP contribution < -0.4 is 5.32 Å². The van der Waals surface area contributed by atoms with Gasteiger partial charge in [-0.15, -0.1) is 0 Å². The van der Waals surface area contributed by atoms with Crippen LogP contribution in [0, 0.1) is 13.8 Å². The number of nitrogens with zero attached hydrogens (tertiary/aromatic N) is 2. The number of hydrogen-bond donors (Lipinski definition) is 1. The molecule has 5 nitrogen and oxygen atoms in total. The van der Waals surface area contributed by atoms with Gasteiger partial charge in [-0.2, -0.15) is 0 Å². The van der Waals surface area contributed by atoms with Crippen LogP contribution in [0.3, 0.4) is 0 Å². The number of carbonyl (C=O) groups excluding carboxylic acids is 1. The summed E-state index contributed by atoms with van der Waals surface area (Å²) in [6.45, 7) is 6.55. The zero-order valence-electron chi connectivity index (χ0n) is 14.5. The third-order valence-electron chi connectivity index (χ3n) is 4.61. The number of amides is 1. The lowest BCUT2D eigenvalue weighted by Gasteiger charge is -2.06. The summed E-state index contributed by atoms with van der Waals surface area (Å²) in [5.41, 5.74) is 4.22. The van der Waals surface area contributed by atoms with Crippen molar-refractivity contribution in [2.24, 2.45) is 0 Å². The molecule has 0 bridgehead atoms. The van der Waals surface area contributed by atoms with Gasteiger partial charge in [-0.05, 0) is 45.0 Å².